The minimum atomic E-state index is -3.69. The van der Waals surface area contributed by atoms with Gasteiger partial charge in [0.25, 0.3) is 0 Å². The fourth-order valence-electron chi connectivity index (χ4n) is 0.243. The van der Waals surface area contributed by atoms with Crippen LogP contribution in [-0.4, -0.2) is 18.9 Å². The number of methoxy groups -OCH3 is 1. The second kappa shape index (κ2) is 2.17. The molecule has 0 aromatic carbocycles. The molecule has 0 aliphatic carbocycles. The number of hydrogen-bond acceptors (Lipinski definition) is 1. The second-order valence-corrected chi connectivity index (χ2v) is 2.19. The van der Waals surface area contributed by atoms with Gasteiger partial charge >= 0.3 is 6.11 Å². The quantitative estimate of drug-likeness (QED) is 0.572. The Balaban J connectivity index is 4.14. The maximum atomic E-state index is 12.3. The molecule has 0 amide bonds. The number of rotatable bonds is 2. The van der Waals surface area contributed by atoms with Crippen LogP contribution in [0, 0.1) is 0 Å². The predicted molar refractivity (Wildman–Crippen MR) is 27.1 cm³/mol. The Morgan fingerprint density at radius 2 is 1.44 bits per heavy atom. The first kappa shape index (κ1) is 8.75. The fourth-order valence-corrected chi connectivity index (χ4v) is 0.243. The lowest BCUT2D eigenvalue weighted by Gasteiger charge is -2.23. The zero-order chi connectivity index (χ0) is 7.71. The Morgan fingerprint density at radius 3 is 1.44 bits per heavy atom. The smallest absolute Gasteiger partial charge is 0.321 e. The molecule has 56 valence electrons. The normalized spacial score (nSPS) is 14.0. The monoisotopic (exact) mass is 142 g/mol. The van der Waals surface area contributed by atoms with E-state index in [4.69, 9.17) is 0 Å². The van der Waals surface area contributed by atoms with Crippen molar-refractivity contribution in [3.05, 3.63) is 0 Å². The summed E-state index contributed by atoms with van der Waals surface area (Å²) in [6.07, 6.45) is -3.69. The molecule has 0 spiro atoms. The summed E-state index contributed by atoms with van der Waals surface area (Å²) >= 11 is 0. The molecule has 4 heteroatoms. The number of ether oxygens (including phenoxy) is 1. The maximum absolute atomic E-state index is 12.3. The first-order chi connectivity index (χ1) is 3.81. The van der Waals surface area contributed by atoms with Gasteiger partial charge in [0.15, 0.2) is 5.67 Å². The maximum Gasteiger partial charge on any atom is 0.388 e. The van der Waals surface area contributed by atoms with Crippen LogP contribution in [-0.2, 0) is 4.74 Å². The molecule has 0 rings (SSSR count). The lowest BCUT2D eigenvalue weighted by molar-refractivity contribution is -0.287. The van der Waals surface area contributed by atoms with E-state index in [9.17, 15) is 13.2 Å². The molecule has 0 saturated heterocycles. The second-order valence-electron chi connectivity index (χ2n) is 2.19. The third-order valence-electron chi connectivity index (χ3n) is 0.948. The molecule has 0 N–H and O–H groups in total. The summed E-state index contributed by atoms with van der Waals surface area (Å²) in [5.41, 5.74) is -2.61. The molecule has 0 heterocycles. The first-order valence-electron chi connectivity index (χ1n) is 2.43. The minimum Gasteiger partial charge on any atom is -0.321 e. The Labute approximate surface area is 51.8 Å². The van der Waals surface area contributed by atoms with Crippen molar-refractivity contribution in [1.29, 1.82) is 0 Å². The molecule has 0 aromatic rings. The van der Waals surface area contributed by atoms with Crippen molar-refractivity contribution in [3.8, 4) is 0 Å². The summed E-state index contributed by atoms with van der Waals surface area (Å²) in [4.78, 5) is 0. The van der Waals surface area contributed by atoms with Crippen molar-refractivity contribution >= 4 is 0 Å². The van der Waals surface area contributed by atoms with Crippen LogP contribution in [0.15, 0.2) is 0 Å². The van der Waals surface area contributed by atoms with E-state index in [2.05, 4.69) is 4.74 Å². The molecule has 0 saturated carbocycles. The lowest BCUT2D eigenvalue weighted by Crippen LogP contribution is -2.40. The molecule has 0 atom stereocenters. The van der Waals surface area contributed by atoms with Crippen LogP contribution in [0.2, 0.25) is 0 Å². The zero-order valence-electron chi connectivity index (χ0n) is 5.54. The van der Waals surface area contributed by atoms with Crippen LogP contribution in [0.5, 0.6) is 0 Å². The highest BCUT2D eigenvalue weighted by Crippen LogP contribution is 2.31. The average Bonchev–Trinajstić information content (AvgIpc) is 1.64. The topological polar surface area (TPSA) is 9.23 Å². The highest BCUT2D eigenvalue weighted by molar-refractivity contribution is 4.76. The summed E-state index contributed by atoms with van der Waals surface area (Å²) in [5.74, 6) is 0. The highest BCUT2D eigenvalue weighted by Gasteiger charge is 2.47. The van der Waals surface area contributed by atoms with Gasteiger partial charge in [0, 0.05) is 7.11 Å². The molecule has 0 fully saturated rings. The van der Waals surface area contributed by atoms with Gasteiger partial charge in [-0.1, -0.05) is 0 Å². The van der Waals surface area contributed by atoms with E-state index in [0.717, 1.165) is 21.0 Å². The molecule has 0 bridgehead atoms. The van der Waals surface area contributed by atoms with Crippen molar-refractivity contribution in [2.75, 3.05) is 7.11 Å². The molecule has 0 unspecified atom stereocenters. The van der Waals surface area contributed by atoms with Crippen molar-refractivity contribution in [1.82, 2.24) is 0 Å². The van der Waals surface area contributed by atoms with E-state index < -0.39 is 11.8 Å². The summed E-state index contributed by atoms with van der Waals surface area (Å²) < 4.78 is 40.0. The van der Waals surface area contributed by atoms with Crippen LogP contribution < -0.4 is 0 Å². The van der Waals surface area contributed by atoms with Crippen LogP contribution in [0.25, 0.3) is 0 Å². The molecular formula is C5H9F3O. The van der Waals surface area contributed by atoms with Gasteiger partial charge in [0.05, 0.1) is 0 Å². The highest BCUT2D eigenvalue weighted by atomic mass is 19.3. The number of halogens is 3. The Bertz CT molecular complexity index is 94.9. The molecule has 0 radical (unpaired) electrons. The van der Waals surface area contributed by atoms with Crippen molar-refractivity contribution in [3.63, 3.8) is 0 Å². The number of hydrogen-bond donors (Lipinski definition) is 0. The molecule has 9 heavy (non-hydrogen) atoms. The van der Waals surface area contributed by atoms with E-state index in [-0.39, 0.29) is 0 Å². The Morgan fingerprint density at radius 1 is 1.11 bits per heavy atom. The molecule has 1 nitrogen and oxygen atoms in total. The van der Waals surface area contributed by atoms with Gasteiger partial charge in [-0.25, -0.2) is 4.39 Å². The van der Waals surface area contributed by atoms with Crippen molar-refractivity contribution in [2.45, 2.75) is 25.6 Å². The van der Waals surface area contributed by atoms with E-state index in [1.54, 1.807) is 0 Å². The van der Waals surface area contributed by atoms with Crippen LogP contribution >= 0.6 is 0 Å². The van der Waals surface area contributed by atoms with E-state index in [0.29, 0.717) is 0 Å². The largest absolute Gasteiger partial charge is 0.388 e. The Kier molecular flexibility index (Phi) is 2.11. The SMILES string of the molecule is COC(F)(F)C(C)(C)F. The van der Waals surface area contributed by atoms with Crippen molar-refractivity contribution in [2.24, 2.45) is 0 Å². The summed E-state index contributed by atoms with van der Waals surface area (Å²) in [5, 5.41) is 0. The summed E-state index contributed by atoms with van der Waals surface area (Å²) in [6.45, 7) is 1.52. The van der Waals surface area contributed by atoms with Gasteiger partial charge in [-0.15, -0.1) is 0 Å². The van der Waals surface area contributed by atoms with E-state index in [1.165, 1.54) is 0 Å². The van der Waals surface area contributed by atoms with Crippen LogP contribution in [0.1, 0.15) is 13.8 Å². The molecule has 0 aliphatic heterocycles. The van der Waals surface area contributed by atoms with Gasteiger partial charge in [-0.3, -0.25) is 0 Å². The fraction of sp³-hybridized carbons (Fsp3) is 1.00. The van der Waals surface area contributed by atoms with E-state index in [1.807, 2.05) is 0 Å². The molecule has 0 aliphatic rings. The van der Waals surface area contributed by atoms with Gasteiger partial charge in [0.1, 0.15) is 0 Å². The van der Waals surface area contributed by atoms with Gasteiger partial charge in [-0.2, -0.15) is 8.78 Å². The Hall–Kier alpha value is -0.250. The third kappa shape index (κ3) is 1.86. The van der Waals surface area contributed by atoms with Crippen molar-refractivity contribution < 1.29 is 17.9 Å². The van der Waals surface area contributed by atoms with Gasteiger partial charge in [0.2, 0.25) is 0 Å². The van der Waals surface area contributed by atoms with E-state index >= 15 is 0 Å². The molecule has 0 aromatic heterocycles. The van der Waals surface area contributed by atoms with Gasteiger partial charge < -0.3 is 4.74 Å². The van der Waals surface area contributed by atoms with Gasteiger partial charge in [-0.05, 0) is 13.8 Å². The molecular weight excluding hydrogens is 133 g/mol. The standard InChI is InChI=1S/C5H9F3O/c1-4(2,6)5(7,8)9-3/h1-3H3. The van der Waals surface area contributed by atoms with Crippen LogP contribution in [0.4, 0.5) is 13.2 Å². The predicted octanol–water partition coefficient (Wildman–Crippen LogP) is 1.97. The average molecular weight is 142 g/mol. The number of alkyl halides is 3. The zero-order valence-corrected chi connectivity index (χ0v) is 5.54. The first-order valence-corrected chi connectivity index (χ1v) is 2.43. The summed E-state index contributed by atoms with van der Waals surface area (Å²) in [7, 11) is 0.765. The lowest BCUT2D eigenvalue weighted by atomic mass is 10.1. The minimum absolute atomic E-state index is 0.760. The summed E-state index contributed by atoms with van der Waals surface area (Å²) in [6, 6.07) is 0. The van der Waals surface area contributed by atoms with Crippen LogP contribution in [0.3, 0.4) is 0 Å². The third-order valence-corrected chi connectivity index (χ3v) is 0.948.